The molecular formula is C19H25N5O3. The molecule has 8 heteroatoms. The number of carbonyl (C=O) groups is 2. The zero-order chi connectivity index (χ0) is 19.2. The molecule has 4 N–H and O–H groups in total. The van der Waals surface area contributed by atoms with Crippen molar-refractivity contribution in [2.24, 2.45) is 5.92 Å². The molecule has 2 atom stereocenters. The van der Waals surface area contributed by atoms with E-state index in [2.05, 4.69) is 25.8 Å². The number of aryl methyl sites for hydroxylation is 1. The van der Waals surface area contributed by atoms with Gasteiger partial charge in [0.05, 0.1) is 6.42 Å². The number of hydrogen-bond acceptors (Lipinski definition) is 4. The number of anilines is 1. The van der Waals surface area contributed by atoms with Crippen molar-refractivity contribution in [1.29, 1.82) is 0 Å². The first-order chi connectivity index (χ1) is 13.0. The van der Waals surface area contributed by atoms with Crippen molar-refractivity contribution < 1.29 is 14.7 Å². The number of carbonyl (C=O) groups excluding carboxylic acids is 1. The van der Waals surface area contributed by atoms with Gasteiger partial charge in [0.15, 0.2) is 5.82 Å². The minimum Gasteiger partial charge on any atom is -0.465 e. The number of rotatable bonds is 7. The summed E-state index contributed by atoms with van der Waals surface area (Å²) in [5.41, 5.74) is 2.81. The van der Waals surface area contributed by atoms with Crippen molar-refractivity contribution in [2.75, 3.05) is 11.9 Å². The highest BCUT2D eigenvalue weighted by atomic mass is 16.4. The smallest absolute Gasteiger partial charge is 0.404 e. The van der Waals surface area contributed by atoms with Gasteiger partial charge in [0.2, 0.25) is 5.91 Å². The maximum atomic E-state index is 12.2. The van der Waals surface area contributed by atoms with Gasteiger partial charge >= 0.3 is 6.09 Å². The number of amides is 2. The van der Waals surface area contributed by atoms with E-state index in [0.29, 0.717) is 24.2 Å². The van der Waals surface area contributed by atoms with Crippen molar-refractivity contribution >= 4 is 17.8 Å². The summed E-state index contributed by atoms with van der Waals surface area (Å²) in [7, 11) is 0. The van der Waals surface area contributed by atoms with Crippen LogP contribution < -0.4 is 10.6 Å². The molecule has 0 bridgehead atoms. The van der Waals surface area contributed by atoms with Gasteiger partial charge in [0, 0.05) is 36.1 Å². The molecule has 0 spiro atoms. The number of pyridine rings is 1. The molecule has 144 valence electrons. The van der Waals surface area contributed by atoms with E-state index in [4.69, 9.17) is 5.11 Å². The fourth-order valence-electron chi connectivity index (χ4n) is 3.59. The molecule has 2 aromatic rings. The van der Waals surface area contributed by atoms with E-state index in [1.165, 1.54) is 0 Å². The van der Waals surface area contributed by atoms with Crippen molar-refractivity contribution in [3.8, 4) is 0 Å². The topological polar surface area (TPSA) is 120 Å². The van der Waals surface area contributed by atoms with Gasteiger partial charge < -0.3 is 15.7 Å². The molecule has 1 aliphatic carbocycles. The Morgan fingerprint density at radius 1 is 1.33 bits per heavy atom. The molecule has 0 saturated heterocycles. The SMILES string of the molecule is Cc1ccc(CC(=O)Nc2cc([C@H]3CC[C@@H](CCNC(=O)O)C3)[nH]n2)cn1. The Hall–Kier alpha value is -2.90. The summed E-state index contributed by atoms with van der Waals surface area (Å²) in [5, 5.41) is 21.1. The third-order valence-corrected chi connectivity index (χ3v) is 5.01. The second-order valence-corrected chi connectivity index (χ2v) is 7.14. The zero-order valence-electron chi connectivity index (χ0n) is 15.4. The largest absolute Gasteiger partial charge is 0.465 e. The number of aromatic nitrogens is 3. The van der Waals surface area contributed by atoms with Crippen LogP contribution >= 0.6 is 0 Å². The maximum absolute atomic E-state index is 12.2. The second kappa shape index (κ2) is 8.66. The summed E-state index contributed by atoms with van der Waals surface area (Å²) in [6.07, 6.45) is 4.98. The van der Waals surface area contributed by atoms with Crippen LogP contribution in [0.25, 0.3) is 0 Å². The molecule has 27 heavy (non-hydrogen) atoms. The van der Waals surface area contributed by atoms with E-state index in [9.17, 15) is 9.59 Å². The van der Waals surface area contributed by atoms with Crippen LogP contribution in [-0.2, 0) is 11.2 Å². The average Bonchev–Trinajstić information content (AvgIpc) is 3.26. The fraction of sp³-hybridized carbons (Fsp3) is 0.474. The molecule has 8 nitrogen and oxygen atoms in total. The van der Waals surface area contributed by atoms with Gasteiger partial charge in [0.25, 0.3) is 0 Å². The standard InChI is InChI=1S/C19H25N5O3/c1-12-2-3-14(11-21-12)9-18(25)22-17-10-16(23-24-17)15-5-4-13(8-15)6-7-20-19(26)27/h2-3,10-11,13,15,20H,4-9H2,1H3,(H,26,27)(H2,22,23,24,25)/t13-,15-/m0/s1. The Labute approximate surface area is 157 Å². The molecule has 1 aliphatic rings. The first kappa shape index (κ1) is 18.9. The van der Waals surface area contributed by atoms with Crippen LogP contribution in [0.1, 0.15) is 48.6 Å². The number of nitrogens with one attached hydrogen (secondary N) is 3. The maximum Gasteiger partial charge on any atom is 0.404 e. The van der Waals surface area contributed by atoms with E-state index in [-0.39, 0.29) is 12.3 Å². The van der Waals surface area contributed by atoms with E-state index >= 15 is 0 Å². The number of aromatic amines is 1. The molecule has 1 saturated carbocycles. The van der Waals surface area contributed by atoms with Crippen molar-refractivity contribution in [3.63, 3.8) is 0 Å². The number of carboxylic acid groups (broad SMARTS) is 1. The van der Waals surface area contributed by atoms with Gasteiger partial charge in [0.1, 0.15) is 0 Å². The first-order valence-electron chi connectivity index (χ1n) is 9.23. The zero-order valence-corrected chi connectivity index (χ0v) is 15.4. The molecule has 0 aliphatic heterocycles. The Balaban J connectivity index is 1.47. The summed E-state index contributed by atoms with van der Waals surface area (Å²) < 4.78 is 0. The van der Waals surface area contributed by atoms with E-state index in [0.717, 1.165) is 42.6 Å². The molecule has 0 radical (unpaired) electrons. The summed E-state index contributed by atoms with van der Waals surface area (Å²) >= 11 is 0. The molecule has 2 amide bonds. The van der Waals surface area contributed by atoms with Crippen molar-refractivity contribution in [2.45, 2.75) is 44.9 Å². The minimum atomic E-state index is -0.972. The summed E-state index contributed by atoms with van der Waals surface area (Å²) in [4.78, 5) is 26.9. The second-order valence-electron chi connectivity index (χ2n) is 7.14. The summed E-state index contributed by atoms with van der Waals surface area (Å²) in [6, 6.07) is 5.68. The van der Waals surface area contributed by atoms with Gasteiger partial charge in [-0.15, -0.1) is 0 Å². The highest BCUT2D eigenvalue weighted by Crippen LogP contribution is 2.39. The van der Waals surface area contributed by atoms with Crippen LogP contribution in [0.5, 0.6) is 0 Å². The normalized spacial score (nSPS) is 19.0. The summed E-state index contributed by atoms with van der Waals surface area (Å²) in [6.45, 7) is 2.40. The predicted molar refractivity (Wildman–Crippen MR) is 101 cm³/mol. The highest BCUT2D eigenvalue weighted by molar-refractivity contribution is 5.91. The summed E-state index contributed by atoms with van der Waals surface area (Å²) in [5.74, 6) is 1.30. The van der Waals surface area contributed by atoms with Gasteiger partial charge in [-0.1, -0.05) is 6.07 Å². The van der Waals surface area contributed by atoms with Gasteiger partial charge in [-0.3, -0.25) is 14.9 Å². The molecule has 3 rings (SSSR count). The lowest BCUT2D eigenvalue weighted by Gasteiger charge is -2.09. The Kier molecular flexibility index (Phi) is 6.05. The van der Waals surface area contributed by atoms with Crippen molar-refractivity contribution in [1.82, 2.24) is 20.5 Å². The molecule has 0 aromatic carbocycles. The number of H-pyrrole nitrogens is 1. The Bertz CT molecular complexity index is 787. The predicted octanol–water partition coefficient (Wildman–Crippen LogP) is 2.84. The van der Waals surface area contributed by atoms with Gasteiger partial charge in [-0.25, -0.2) is 4.79 Å². The van der Waals surface area contributed by atoms with Crippen LogP contribution in [0.2, 0.25) is 0 Å². The Morgan fingerprint density at radius 2 is 2.19 bits per heavy atom. The lowest BCUT2D eigenvalue weighted by Crippen LogP contribution is -2.23. The van der Waals surface area contributed by atoms with Crippen LogP contribution in [0, 0.1) is 12.8 Å². The van der Waals surface area contributed by atoms with Crippen LogP contribution in [0.3, 0.4) is 0 Å². The van der Waals surface area contributed by atoms with Crippen molar-refractivity contribution in [3.05, 3.63) is 41.3 Å². The van der Waals surface area contributed by atoms with E-state index in [1.54, 1.807) is 6.20 Å². The monoisotopic (exact) mass is 371 g/mol. The third-order valence-electron chi connectivity index (χ3n) is 5.01. The number of nitrogens with zero attached hydrogens (tertiary/aromatic N) is 2. The molecule has 1 fully saturated rings. The minimum absolute atomic E-state index is 0.122. The van der Waals surface area contributed by atoms with Crippen LogP contribution in [-0.4, -0.2) is 38.8 Å². The Morgan fingerprint density at radius 3 is 2.93 bits per heavy atom. The fourth-order valence-corrected chi connectivity index (χ4v) is 3.59. The quantitative estimate of drug-likeness (QED) is 0.596. The highest BCUT2D eigenvalue weighted by Gasteiger charge is 2.27. The van der Waals surface area contributed by atoms with Gasteiger partial charge in [-0.2, -0.15) is 5.10 Å². The van der Waals surface area contributed by atoms with E-state index < -0.39 is 6.09 Å². The number of hydrogen-bond donors (Lipinski definition) is 4. The van der Waals surface area contributed by atoms with Crippen LogP contribution in [0.15, 0.2) is 24.4 Å². The first-order valence-corrected chi connectivity index (χ1v) is 9.23. The average molecular weight is 371 g/mol. The van der Waals surface area contributed by atoms with Gasteiger partial charge in [-0.05, 0) is 50.2 Å². The van der Waals surface area contributed by atoms with Crippen LogP contribution in [0.4, 0.5) is 10.6 Å². The molecule has 2 heterocycles. The van der Waals surface area contributed by atoms with E-state index in [1.807, 2.05) is 25.1 Å². The molecular weight excluding hydrogens is 346 g/mol. The lowest BCUT2D eigenvalue weighted by atomic mass is 9.99. The third kappa shape index (κ3) is 5.54. The molecule has 0 unspecified atom stereocenters. The lowest BCUT2D eigenvalue weighted by molar-refractivity contribution is -0.115. The molecule has 2 aromatic heterocycles.